The van der Waals surface area contributed by atoms with Gasteiger partial charge in [0.1, 0.15) is 11.6 Å². The molecule has 1 aromatic heterocycles. The third-order valence-electron chi connectivity index (χ3n) is 2.84. The highest BCUT2D eigenvalue weighted by Crippen LogP contribution is 2.33. The molecule has 0 aliphatic rings. The van der Waals surface area contributed by atoms with Crippen molar-refractivity contribution in [3.8, 4) is 0 Å². The molecule has 1 heterocycles. The highest BCUT2D eigenvalue weighted by Gasteiger charge is 2.13. The van der Waals surface area contributed by atoms with E-state index in [0.717, 1.165) is 17.0 Å². The SMILES string of the molecule is CSS/C(CCO)=C(/C)N(C=O)Cc1cnc(C)nc1N. The van der Waals surface area contributed by atoms with Gasteiger partial charge in [-0.2, -0.15) is 0 Å². The molecule has 8 heteroatoms. The molecule has 3 N–H and O–H groups in total. The van der Waals surface area contributed by atoms with Gasteiger partial charge in [-0.15, -0.1) is 0 Å². The lowest BCUT2D eigenvalue weighted by atomic mass is 10.2. The topological polar surface area (TPSA) is 92.3 Å². The largest absolute Gasteiger partial charge is 0.396 e. The van der Waals surface area contributed by atoms with Crippen molar-refractivity contribution in [3.05, 3.63) is 28.2 Å². The molecule has 0 radical (unpaired) electrons. The molecule has 6 nitrogen and oxygen atoms in total. The summed E-state index contributed by atoms with van der Waals surface area (Å²) in [5.74, 6) is 0.975. The Hall–Kier alpha value is -1.25. The highest BCUT2D eigenvalue weighted by molar-refractivity contribution is 8.77. The fraction of sp³-hybridized carbons (Fsp3) is 0.462. The Morgan fingerprint density at radius 1 is 1.57 bits per heavy atom. The number of nitrogens with two attached hydrogens (primary N) is 1. The first-order valence-electron chi connectivity index (χ1n) is 6.34. The molecule has 1 rings (SSSR count). The average molecular weight is 328 g/mol. The molecule has 0 fully saturated rings. The van der Waals surface area contributed by atoms with Gasteiger partial charge >= 0.3 is 0 Å². The number of aryl methyl sites for hydroxylation is 1. The predicted octanol–water partition coefficient (Wildman–Crippen LogP) is 1.95. The fourth-order valence-electron chi connectivity index (χ4n) is 1.70. The number of aliphatic hydroxyl groups excluding tert-OH is 1. The number of hydrogen-bond donors (Lipinski definition) is 2. The van der Waals surface area contributed by atoms with E-state index in [1.807, 2.05) is 13.2 Å². The summed E-state index contributed by atoms with van der Waals surface area (Å²) < 4.78 is 0. The molecule has 0 atom stereocenters. The molecule has 0 bridgehead atoms. The van der Waals surface area contributed by atoms with Crippen molar-refractivity contribution in [2.24, 2.45) is 0 Å². The Kier molecular flexibility index (Phi) is 7.55. The summed E-state index contributed by atoms with van der Waals surface area (Å²) >= 11 is 0. The van der Waals surface area contributed by atoms with Gasteiger partial charge < -0.3 is 15.7 Å². The van der Waals surface area contributed by atoms with Gasteiger partial charge in [0.15, 0.2) is 0 Å². The number of hydrogen-bond acceptors (Lipinski definition) is 7. The van der Waals surface area contributed by atoms with Crippen LogP contribution in [0.4, 0.5) is 5.82 Å². The zero-order valence-electron chi connectivity index (χ0n) is 12.4. The van der Waals surface area contributed by atoms with Crippen LogP contribution >= 0.6 is 21.6 Å². The fourth-order valence-corrected chi connectivity index (χ4v) is 3.53. The first kappa shape index (κ1) is 17.8. The van der Waals surface area contributed by atoms with E-state index in [4.69, 9.17) is 10.8 Å². The van der Waals surface area contributed by atoms with Crippen molar-refractivity contribution in [2.75, 3.05) is 18.6 Å². The van der Waals surface area contributed by atoms with E-state index in [2.05, 4.69) is 9.97 Å². The van der Waals surface area contributed by atoms with Gasteiger partial charge in [-0.1, -0.05) is 21.6 Å². The molecule has 1 aromatic rings. The Balaban J connectivity index is 3.00. The van der Waals surface area contributed by atoms with Gasteiger partial charge in [-0.05, 0) is 20.1 Å². The average Bonchev–Trinajstić information content (AvgIpc) is 2.45. The second-order valence-electron chi connectivity index (χ2n) is 4.29. The first-order chi connectivity index (χ1) is 10.0. The smallest absolute Gasteiger partial charge is 0.214 e. The predicted molar refractivity (Wildman–Crippen MR) is 88.3 cm³/mol. The molecule has 21 heavy (non-hydrogen) atoms. The maximum Gasteiger partial charge on any atom is 0.214 e. The van der Waals surface area contributed by atoms with E-state index in [-0.39, 0.29) is 6.61 Å². The van der Waals surface area contributed by atoms with E-state index in [0.29, 0.717) is 30.2 Å². The number of nitrogens with zero attached hydrogens (tertiary/aromatic N) is 3. The Labute approximate surface area is 132 Å². The molecule has 0 aromatic carbocycles. The number of anilines is 1. The minimum atomic E-state index is 0.0444. The van der Waals surface area contributed by atoms with Gasteiger partial charge in [-0.25, -0.2) is 9.97 Å². The zero-order chi connectivity index (χ0) is 15.8. The molecule has 1 amide bonds. The third-order valence-corrected chi connectivity index (χ3v) is 4.81. The van der Waals surface area contributed by atoms with Crippen molar-refractivity contribution in [1.29, 1.82) is 0 Å². The lowest BCUT2D eigenvalue weighted by molar-refractivity contribution is -0.116. The number of aromatic nitrogens is 2. The molecular formula is C13H20N4O2S2. The lowest BCUT2D eigenvalue weighted by Gasteiger charge is -2.21. The Morgan fingerprint density at radius 3 is 2.81 bits per heavy atom. The zero-order valence-corrected chi connectivity index (χ0v) is 14.0. The van der Waals surface area contributed by atoms with Gasteiger partial charge in [0.05, 0.1) is 6.54 Å². The van der Waals surface area contributed by atoms with Crippen LogP contribution in [-0.4, -0.2) is 39.2 Å². The van der Waals surface area contributed by atoms with Crippen molar-refractivity contribution >= 4 is 33.8 Å². The highest BCUT2D eigenvalue weighted by atomic mass is 33.1. The number of carbonyl (C=O) groups is 1. The lowest BCUT2D eigenvalue weighted by Crippen LogP contribution is -2.21. The van der Waals surface area contributed by atoms with Gasteiger partial charge in [-0.3, -0.25) is 4.79 Å². The van der Waals surface area contributed by atoms with E-state index in [1.54, 1.807) is 39.6 Å². The number of nitrogen functional groups attached to an aromatic ring is 1. The second kappa shape index (κ2) is 8.91. The summed E-state index contributed by atoms with van der Waals surface area (Å²) in [5.41, 5.74) is 7.36. The molecule has 0 aliphatic carbocycles. The summed E-state index contributed by atoms with van der Waals surface area (Å²) in [7, 11) is 3.12. The number of aliphatic hydroxyl groups is 1. The van der Waals surface area contributed by atoms with Crippen LogP contribution in [-0.2, 0) is 11.3 Å². The van der Waals surface area contributed by atoms with Crippen LogP contribution in [0.2, 0.25) is 0 Å². The number of rotatable bonds is 8. The number of amides is 1. The van der Waals surface area contributed by atoms with Crippen LogP contribution in [0.1, 0.15) is 24.7 Å². The van der Waals surface area contributed by atoms with Crippen LogP contribution in [0.5, 0.6) is 0 Å². The third kappa shape index (κ3) is 5.22. The maximum atomic E-state index is 11.4. The van der Waals surface area contributed by atoms with Crippen LogP contribution in [0.3, 0.4) is 0 Å². The first-order valence-corrected chi connectivity index (χ1v) is 8.90. The summed E-state index contributed by atoms with van der Waals surface area (Å²) in [4.78, 5) is 22.1. The summed E-state index contributed by atoms with van der Waals surface area (Å²) in [6.45, 7) is 3.97. The molecule has 0 spiro atoms. The molecule has 116 valence electrons. The van der Waals surface area contributed by atoms with Gasteiger partial charge in [0.25, 0.3) is 0 Å². The van der Waals surface area contributed by atoms with E-state index in [9.17, 15) is 4.79 Å². The van der Waals surface area contributed by atoms with Crippen molar-refractivity contribution in [3.63, 3.8) is 0 Å². The Bertz CT molecular complexity index is 515. The van der Waals surface area contributed by atoms with Crippen molar-refractivity contribution < 1.29 is 9.90 Å². The Morgan fingerprint density at radius 2 is 2.29 bits per heavy atom. The van der Waals surface area contributed by atoms with Crippen LogP contribution < -0.4 is 5.73 Å². The van der Waals surface area contributed by atoms with Gasteiger partial charge in [0, 0.05) is 35.4 Å². The number of allylic oxidation sites excluding steroid dienone is 1. The summed E-state index contributed by atoms with van der Waals surface area (Å²) in [6, 6.07) is 0. The standard InChI is InChI=1S/C13H20N4O2S2/c1-9(12(4-5-18)21-20-3)17(8-19)7-11-6-15-10(2)16-13(11)14/h6,8,18H,4-5,7H2,1-3H3,(H2,14,15,16)/b12-9-. The van der Waals surface area contributed by atoms with E-state index < -0.39 is 0 Å². The van der Waals surface area contributed by atoms with Crippen LogP contribution in [0.15, 0.2) is 16.8 Å². The molecular weight excluding hydrogens is 308 g/mol. The van der Waals surface area contributed by atoms with Crippen LogP contribution in [0.25, 0.3) is 0 Å². The minimum absolute atomic E-state index is 0.0444. The minimum Gasteiger partial charge on any atom is -0.396 e. The van der Waals surface area contributed by atoms with Crippen molar-refractivity contribution in [2.45, 2.75) is 26.8 Å². The van der Waals surface area contributed by atoms with Crippen LogP contribution in [0, 0.1) is 6.92 Å². The normalized spacial score (nSPS) is 12.0. The van der Waals surface area contributed by atoms with Crippen molar-refractivity contribution in [1.82, 2.24) is 14.9 Å². The van der Waals surface area contributed by atoms with Gasteiger partial charge in [0.2, 0.25) is 6.41 Å². The monoisotopic (exact) mass is 328 g/mol. The van der Waals surface area contributed by atoms with E-state index in [1.165, 1.54) is 0 Å². The quantitative estimate of drug-likeness (QED) is 0.556. The maximum absolute atomic E-state index is 11.4. The molecule has 0 saturated carbocycles. The summed E-state index contributed by atoms with van der Waals surface area (Å²) in [6.07, 6.45) is 4.86. The summed E-state index contributed by atoms with van der Waals surface area (Å²) in [5, 5.41) is 9.13. The molecule has 0 unspecified atom stereocenters. The molecule has 0 saturated heterocycles. The molecule has 0 aliphatic heterocycles. The van der Waals surface area contributed by atoms with E-state index >= 15 is 0 Å². The number of carbonyl (C=O) groups excluding carboxylic acids is 1. The second-order valence-corrected chi connectivity index (χ2v) is 6.79.